The molecule has 14 heavy (non-hydrogen) atoms. The smallest absolute Gasteiger partial charge is 0.330 e. The number of carbonyl (C=O) groups excluding carboxylic acids is 1. The number of benzene rings is 1. The van der Waals surface area contributed by atoms with Crippen LogP contribution in [0.2, 0.25) is 0 Å². The molecule has 0 unspecified atom stereocenters. The molecule has 0 heterocycles. The second-order valence-electron chi connectivity index (χ2n) is 2.73. The lowest BCUT2D eigenvalue weighted by Gasteiger charge is -2.00. The van der Waals surface area contributed by atoms with E-state index in [0.29, 0.717) is 0 Å². The van der Waals surface area contributed by atoms with E-state index in [-0.39, 0.29) is 5.97 Å². The number of esters is 1. The first-order valence-electron chi connectivity index (χ1n) is 4.30. The monoisotopic (exact) mass is 191 g/mol. The van der Waals surface area contributed by atoms with E-state index in [0.717, 1.165) is 11.3 Å². The van der Waals surface area contributed by atoms with Gasteiger partial charge in [0, 0.05) is 18.8 Å². The first-order valence-corrected chi connectivity index (χ1v) is 4.30. The highest BCUT2D eigenvalue weighted by Gasteiger charge is 1.92. The number of methoxy groups -OCH3 is 1. The maximum atomic E-state index is 10.8. The maximum absolute atomic E-state index is 10.8. The minimum atomic E-state index is -0.347. The van der Waals surface area contributed by atoms with Gasteiger partial charge in [0.2, 0.25) is 0 Å². The summed E-state index contributed by atoms with van der Waals surface area (Å²) in [7, 11) is 3.21. The fourth-order valence-electron chi connectivity index (χ4n) is 1.03. The van der Waals surface area contributed by atoms with Gasteiger partial charge in [-0.05, 0) is 23.8 Å². The Morgan fingerprint density at radius 3 is 2.93 bits per heavy atom. The molecule has 0 spiro atoms. The van der Waals surface area contributed by atoms with Crippen LogP contribution in [-0.2, 0) is 9.53 Å². The lowest BCUT2D eigenvalue weighted by Crippen LogP contribution is -1.93. The van der Waals surface area contributed by atoms with E-state index >= 15 is 0 Å². The van der Waals surface area contributed by atoms with Crippen LogP contribution in [0.3, 0.4) is 0 Å². The molecule has 3 nitrogen and oxygen atoms in total. The Morgan fingerprint density at radius 1 is 1.50 bits per heavy atom. The summed E-state index contributed by atoms with van der Waals surface area (Å²) < 4.78 is 4.49. The molecule has 3 heteroatoms. The third-order valence-corrected chi connectivity index (χ3v) is 1.79. The third-order valence-electron chi connectivity index (χ3n) is 1.79. The highest BCUT2D eigenvalue weighted by Crippen LogP contribution is 2.10. The van der Waals surface area contributed by atoms with E-state index in [1.54, 1.807) is 6.08 Å². The van der Waals surface area contributed by atoms with Gasteiger partial charge in [-0.2, -0.15) is 0 Å². The van der Waals surface area contributed by atoms with E-state index in [1.807, 2.05) is 31.3 Å². The fourth-order valence-corrected chi connectivity index (χ4v) is 1.03. The molecule has 0 fully saturated rings. The van der Waals surface area contributed by atoms with Gasteiger partial charge in [-0.25, -0.2) is 4.79 Å². The van der Waals surface area contributed by atoms with E-state index in [2.05, 4.69) is 10.1 Å². The minimum absolute atomic E-state index is 0.347. The van der Waals surface area contributed by atoms with Gasteiger partial charge in [0.25, 0.3) is 0 Å². The molecular formula is C11H13NO2. The standard InChI is InChI=1S/C11H13NO2/c1-12-10-5-3-4-9(8-10)6-7-11(13)14-2/h3-8,12H,1-2H3/b7-6+. The summed E-state index contributed by atoms with van der Waals surface area (Å²) in [6.07, 6.45) is 3.11. The normalized spacial score (nSPS) is 10.1. The summed E-state index contributed by atoms with van der Waals surface area (Å²) in [5, 5.41) is 3.02. The van der Waals surface area contributed by atoms with Crippen LogP contribution in [-0.4, -0.2) is 20.1 Å². The zero-order chi connectivity index (χ0) is 10.4. The van der Waals surface area contributed by atoms with Gasteiger partial charge in [-0.15, -0.1) is 0 Å². The van der Waals surface area contributed by atoms with Crippen molar-refractivity contribution in [1.29, 1.82) is 0 Å². The van der Waals surface area contributed by atoms with Crippen molar-refractivity contribution in [3.05, 3.63) is 35.9 Å². The van der Waals surface area contributed by atoms with E-state index < -0.39 is 0 Å². The predicted octanol–water partition coefficient (Wildman–Crippen LogP) is 1.91. The summed E-state index contributed by atoms with van der Waals surface area (Å²) in [6.45, 7) is 0. The van der Waals surface area contributed by atoms with E-state index in [4.69, 9.17) is 0 Å². The Hall–Kier alpha value is -1.77. The Labute approximate surface area is 83.4 Å². The van der Waals surface area contributed by atoms with Crippen LogP contribution in [0.5, 0.6) is 0 Å². The van der Waals surface area contributed by atoms with E-state index in [1.165, 1.54) is 13.2 Å². The van der Waals surface area contributed by atoms with Gasteiger partial charge >= 0.3 is 5.97 Å². The van der Waals surface area contributed by atoms with Crippen LogP contribution >= 0.6 is 0 Å². The Morgan fingerprint density at radius 2 is 2.29 bits per heavy atom. The van der Waals surface area contributed by atoms with Crippen LogP contribution in [0.1, 0.15) is 5.56 Å². The van der Waals surface area contributed by atoms with Gasteiger partial charge in [-0.1, -0.05) is 12.1 Å². The van der Waals surface area contributed by atoms with Crippen molar-refractivity contribution >= 4 is 17.7 Å². The Kier molecular flexibility index (Phi) is 3.73. The third kappa shape index (κ3) is 2.94. The van der Waals surface area contributed by atoms with Crippen LogP contribution in [0.25, 0.3) is 6.08 Å². The molecule has 1 rings (SSSR count). The van der Waals surface area contributed by atoms with Crippen LogP contribution in [0, 0.1) is 0 Å². The van der Waals surface area contributed by atoms with E-state index in [9.17, 15) is 4.79 Å². The van der Waals surface area contributed by atoms with Crippen molar-refractivity contribution in [2.75, 3.05) is 19.5 Å². The SMILES string of the molecule is CNc1cccc(/C=C/C(=O)OC)c1. The Balaban J connectivity index is 2.76. The molecule has 1 aromatic carbocycles. The molecule has 0 saturated heterocycles. The lowest BCUT2D eigenvalue weighted by atomic mass is 10.2. The molecular weight excluding hydrogens is 178 g/mol. The molecule has 0 saturated carbocycles. The molecule has 0 aromatic heterocycles. The molecule has 0 amide bonds. The van der Waals surface area contributed by atoms with Gasteiger partial charge in [-0.3, -0.25) is 0 Å². The van der Waals surface area contributed by atoms with Crippen LogP contribution in [0.4, 0.5) is 5.69 Å². The second-order valence-corrected chi connectivity index (χ2v) is 2.73. The molecule has 0 aliphatic rings. The van der Waals surface area contributed by atoms with Crippen molar-refractivity contribution in [3.8, 4) is 0 Å². The van der Waals surface area contributed by atoms with Gasteiger partial charge in [0.1, 0.15) is 0 Å². The molecule has 0 aliphatic carbocycles. The Bertz CT molecular complexity index is 345. The number of nitrogens with one attached hydrogen (secondary N) is 1. The molecule has 0 bridgehead atoms. The quantitative estimate of drug-likeness (QED) is 0.586. The summed E-state index contributed by atoms with van der Waals surface area (Å²) in [5.41, 5.74) is 1.97. The van der Waals surface area contributed by atoms with Gasteiger partial charge in [0.05, 0.1) is 7.11 Å². The summed E-state index contributed by atoms with van der Waals surface area (Å²) in [4.78, 5) is 10.8. The zero-order valence-corrected chi connectivity index (χ0v) is 8.28. The molecule has 1 N–H and O–H groups in total. The van der Waals surface area contributed by atoms with Gasteiger partial charge < -0.3 is 10.1 Å². The summed E-state index contributed by atoms with van der Waals surface area (Å²) in [6, 6.07) is 7.73. The average Bonchev–Trinajstić information content (AvgIpc) is 2.26. The molecule has 1 aromatic rings. The largest absolute Gasteiger partial charge is 0.466 e. The number of hydrogen-bond acceptors (Lipinski definition) is 3. The summed E-state index contributed by atoms with van der Waals surface area (Å²) in [5.74, 6) is -0.347. The van der Waals surface area contributed by atoms with Crippen LogP contribution in [0.15, 0.2) is 30.3 Å². The molecule has 0 radical (unpaired) electrons. The topological polar surface area (TPSA) is 38.3 Å². The van der Waals surface area contributed by atoms with Crippen molar-refractivity contribution < 1.29 is 9.53 Å². The molecule has 0 aliphatic heterocycles. The maximum Gasteiger partial charge on any atom is 0.330 e. The number of rotatable bonds is 3. The van der Waals surface area contributed by atoms with Crippen molar-refractivity contribution in [1.82, 2.24) is 0 Å². The second kappa shape index (κ2) is 5.07. The van der Waals surface area contributed by atoms with Crippen molar-refractivity contribution in [3.63, 3.8) is 0 Å². The lowest BCUT2D eigenvalue weighted by molar-refractivity contribution is -0.134. The first kappa shape index (κ1) is 10.3. The highest BCUT2D eigenvalue weighted by molar-refractivity contribution is 5.87. The predicted molar refractivity (Wildman–Crippen MR) is 57.0 cm³/mol. The number of ether oxygens (including phenoxy) is 1. The minimum Gasteiger partial charge on any atom is -0.466 e. The highest BCUT2D eigenvalue weighted by atomic mass is 16.5. The zero-order valence-electron chi connectivity index (χ0n) is 8.28. The average molecular weight is 191 g/mol. The summed E-state index contributed by atoms with van der Waals surface area (Å²) >= 11 is 0. The van der Waals surface area contributed by atoms with Crippen molar-refractivity contribution in [2.45, 2.75) is 0 Å². The number of hydrogen-bond donors (Lipinski definition) is 1. The van der Waals surface area contributed by atoms with Crippen molar-refractivity contribution in [2.24, 2.45) is 0 Å². The molecule has 74 valence electrons. The van der Waals surface area contributed by atoms with Crippen LogP contribution < -0.4 is 5.32 Å². The first-order chi connectivity index (χ1) is 6.76. The van der Waals surface area contributed by atoms with Gasteiger partial charge in [0.15, 0.2) is 0 Å². The fraction of sp³-hybridized carbons (Fsp3) is 0.182. The number of anilines is 1. The molecule has 0 atom stereocenters. The number of carbonyl (C=O) groups is 1.